The van der Waals surface area contributed by atoms with E-state index < -0.39 is 4.92 Å². The Morgan fingerprint density at radius 1 is 1.08 bits per heavy atom. The highest BCUT2D eigenvalue weighted by Crippen LogP contribution is 2.14. The van der Waals surface area contributed by atoms with Crippen molar-refractivity contribution >= 4 is 23.3 Å². The molecule has 0 aromatic heterocycles. The molecule has 0 aliphatic heterocycles. The fourth-order valence-corrected chi connectivity index (χ4v) is 2.21. The normalized spacial score (nSPS) is 10.2. The molecule has 0 saturated heterocycles. The monoisotopic (exact) mass is 356 g/mol. The summed E-state index contributed by atoms with van der Waals surface area (Å²) in [6, 6.07) is 12.3. The van der Waals surface area contributed by atoms with Gasteiger partial charge in [0, 0.05) is 17.8 Å². The maximum Gasteiger partial charge on any atom is 0.338 e. The highest BCUT2D eigenvalue weighted by atomic mass is 16.6. The molecule has 2 rings (SSSR count). The summed E-state index contributed by atoms with van der Waals surface area (Å²) in [6.07, 6.45) is 1.87. The Balaban J connectivity index is 1.88. The van der Waals surface area contributed by atoms with E-state index in [2.05, 4.69) is 5.32 Å². The van der Waals surface area contributed by atoms with E-state index in [-0.39, 0.29) is 24.0 Å². The molecule has 0 saturated carbocycles. The number of amides is 1. The van der Waals surface area contributed by atoms with Crippen LogP contribution in [0.3, 0.4) is 0 Å². The molecule has 2 aromatic carbocycles. The Labute approximate surface area is 151 Å². The van der Waals surface area contributed by atoms with Gasteiger partial charge in [-0.2, -0.15) is 0 Å². The van der Waals surface area contributed by atoms with Crippen molar-refractivity contribution in [3.8, 4) is 0 Å². The minimum atomic E-state index is -0.487. The maximum atomic E-state index is 12.1. The first kappa shape index (κ1) is 19.1. The number of esters is 1. The van der Waals surface area contributed by atoms with Gasteiger partial charge in [0.2, 0.25) is 5.91 Å². The third-order valence-electron chi connectivity index (χ3n) is 3.65. The van der Waals surface area contributed by atoms with Crippen molar-refractivity contribution in [1.29, 1.82) is 0 Å². The van der Waals surface area contributed by atoms with Crippen molar-refractivity contribution in [3.05, 3.63) is 69.8 Å². The molecule has 0 aliphatic rings. The number of rotatable bonds is 8. The lowest BCUT2D eigenvalue weighted by atomic mass is 10.1. The number of carbonyl (C=O) groups excluding carboxylic acids is 2. The van der Waals surface area contributed by atoms with E-state index in [1.54, 1.807) is 36.4 Å². The zero-order valence-electron chi connectivity index (χ0n) is 14.4. The van der Waals surface area contributed by atoms with Crippen molar-refractivity contribution in [3.63, 3.8) is 0 Å². The second-order valence-electron chi connectivity index (χ2n) is 5.72. The molecule has 0 unspecified atom stereocenters. The van der Waals surface area contributed by atoms with Crippen LogP contribution >= 0.6 is 0 Å². The smallest absolute Gasteiger partial charge is 0.338 e. The standard InChI is InChI=1S/C19H20N2O5/c1-2-3-12-26-19(23)15-6-8-16(9-7-15)20-18(22)13-14-4-10-17(11-5-14)21(24)25/h4-11H,2-3,12-13H2,1H3,(H,20,22). The molecular formula is C19H20N2O5. The highest BCUT2D eigenvalue weighted by Gasteiger charge is 2.09. The van der Waals surface area contributed by atoms with Crippen LogP contribution in [-0.2, 0) is 16.0 Å². The van der Waals surface area contributed by atoms with E-state index in [0.29, 0.717) is 23.4 Å². The summed E-state index contributed by atoms with van der Waals surface area (Å²) in [7, 11) is 0. The average Bonchev–Trinajstić information content (AvgIpc) is 2.62. The summed E-state index contributed by atoms with van der Waals surface area (Å²) in [5.41, 5.74) is 1.64. The zero-order chi connectivity index (χ0) is 18.9. The molecule has 26 heavy (non-hydrogen) atoms. The van der Waals surface area contributed by atoms with Crippen molar-refractivity contribution in [2.75, 3.05) is 11.9 Å². The van der Waals surface area contributed by atoms with Gasteiger partial charge in [-0.25, -0.2) is 4.79 Å². The Hall–Kier alpha value is -3.22. The summed E-state index contributed by atoms with van der Waals surface area (Å²) >= 11 is 0. The SMILES string of the molecule is CCCCOC(=O)c1ccc(NC(=O)Cc2ccc([N+](=O)[O-])cc2)cc1. The van der Waals surface area contributed by atoms with Crippen LogP contribution < -0.4 is 5.32 Å². The number of nitrogens with one attached hydrogen (secondary N) is 1. The Bertz CT molecular complexity index is 770. The van der Waals surface area contributed by atoms with E-state index in [1.807, 2.05) is 6.92 Å². The molecule has 0 heterocycles. The molecule has 0 radical (unpaired) electrons. The van der Waals surface area contributed by atoms with Crippen molar-refractivity contribution in [1.82, 2.24) is 0 Å². The molecule has 0 aliphatic carbocycles. The lowest BCUT2D eigenvalue weighted by molar-refractivity contribution is -0.384. The number of hydrogen-bond donors (Lipinski definition) is 1. The van der Waals surface area contributed by atoms with Crippen molar-refractivity contribution in [2.45, 2.75) is 26.2 Å². The lowest BCUT2D eigenvalue weighted by Gasteiger charge is -2.07. The van der Waals surface area contributed by atoms with Crippen LogP contribution in [-0.4, -0.2) is 23.4 Å². The first-order valence-electron chi connectivity index (χ1n) is 8.30. The minimum absolute atomic E-state index is 0.0180. The van der Waals surface area contributed by atoms with Gasteiger partial charge in [0.25, 0.3) is 5.69 Å². The van der Waals surface area contributed by atoms with Crippen LogP contribution in [0.25, 0.3) is 0 Å². The Kier molecular flexibility index (Phi) is 6.84. The van der Waals surface area contributed by atoms with Gasteiger partial charge < -0.3 is 10.1 Å². The molecule has 0 atom stereocenters. The first-order chi connectivity index (χ1) is 12.5. The summed E-state index contributed by atoms with van der Waals surface area (Å²) < 4.78 is 5.12. The average molecular weight is 356 g/mol. The van der Waals surface area contributed by atoms with Gasteiger partial charge in [0.15, 0.2) is 0 Å². The van der Waals surface area contributed by atoms with Crippen LogP contribution in [0.5, 0.6) is 0 Å². The summed E-state index contributed by atoms with van der Waals surface area (Å²) in [5, 5.41) is 13.3. The molecule has 136 valence electrons. The second kappa shape index (κ2) is 9.31. The molecule has 0 spiro atoms. The molecule has 2 aromatic rings. The largest absolute Gasteiger partial charge is 0.462 e. The van der Waals surface area contributed by atoms with Gasteiger partial charge in [0.05, 0.1) is 23.5 Å². The quantitative estimate of drug-likeness (QED) is 0.336. The third kappa shape index (κ3) is 5.70. The predicted octanol–water partition coefficient (Wildman–Crippen LogP) is 3.73. The van der Waals surface area contributed by atoms with E-state index in [9.17, 15) is 19.7 Å². The van der Waals surface area contributed by atoms with Crippen LogP contribution in [0.4, 0.5) is 11.4 Å². The van der Waals surface area contributed by atoms with Gasteiger partial charge in [-0.05, 0) is 36.2 Å². The number of unbranched alkanes of at least 4 members (excludes halogenated alkanes) is 1. The third-order valence-corrected chi connectivity index (χ3v) is 3.65. The fourth-order valence-electron chi connectivity index (χ4n) is 2.21. The molecule has 0 bridgehead atoms. The number of anilines is 1. The Morgan fingerprint density at radius 3 is 2.31 bits per heavy atom. The van der Waals surface area contributed by atoms with Gasteiger partial charge in [0.1, 0.15) is 0 Å². The number of carbonyl (C=O) groups is 2. The van der Waals surface area contributed by atoms with Gasteiger partial charge in [-0.1, -0.05) is 25.5 Å². The van der Waals surface area contributed by atoms with E-state index in [0.717, 1.165) is 12.8 Å². The van der Waals surface area contributed by atoms with Crippen LogP contribution in [0.15, 0.2) is 48.5 Å². The molecular weight excluding hydrogens is 336 g/mol. The predicted molar refractivity (Wildman–Crippen MR) is 97.1 cm³/mol. The number of ether oxygens (including phenoxy) is 1. The molecule has 7 nitrogen and oxygen atoms in total. The Morgan fingerprint density at radius 2 is 1.73 bits per heavy atom. The topological polar surface area (TPSA) is 98.5 Å². The molecule has 0 fully saturated rings. The summed E-state index contributed by atoms with van der Waals surface area (Å²) in [5.74, 6) is -0.640. The summed E-state index contributed by atoms with van der Waals surface area (Å²) in [4.78, 5) is 34.0. The number of hydrogen-bond acceptors (Lipinski definition) is 5. The summed E-state index contributed by atoms with van der Waals surface area (Å²) in [6.45, 7) is 2.41. The fraction of sp³-hybridized carbons (Fsp3) is 0.263. The van der Waals surface area contributed by atoms with Gasteiger partial charge in [-0.3, -0.25) is 14.9 Å². The number of nitro groups is 1. The second-order valence-corrected chi connectivity index (χ2v) is 5.72. The highest BCUT2D eigenvalue weighted by molar-refractivity contribution is 5.94. The van der Waals surface area contributed by atoms with Gasteiger partial charge in [-0.15, -0.1) is 0 Å². The number of nitrogens with zero attached hydrogens (tertiary/aromatic N) is 1. The van der Waals surface area contributed by atoms with E-state index >= 15 is 0 Å². The molecule has 1 N–H and O–H groups in total. The van der Waals surface area contributed by atoms with Crippen LogP contribution in [0.1, 0.15) is 35.7 Å². The number of benzene rings is 2. The lowest BCUT2D eigenvalue weighted by Crippen LogP contribution is -2.14. The minimum Gasteiger partial charge on any atom is -0.462 e. The van der Waals surface area contributed by atoms with Crippen molar-refractivity contribution < 1.29 is 19.2 Å². The number of non-ortho nitro benzene ring substituents is 1. The maximum absolute atomic E-state index is 12.1. The van der Waals surface area contributed by atoms with Crippen LogP contribution in [0, 0.1) is 10.1 Å². The number of nitro benzene ring substituents is 1. The first-order valence-corrected chi connectivity index (χ1v) is 8.30. The zero-order valence-corrected chi connectivity index (χ0v) is 14.4. The molecule has 1 amide bonds. The van der Waals surface area contributed by atoms with E-state index in [4.69, 9.17) is 4.74 Å². The van der Waals surface area contributed by atoms with Crippen molar-refractivity contribution in [2.24, 2.45) is 0 Å². The van der Waals surface area contributed by atoms with E-state index in [1.165, 1.54) is 12.1 Å². The van der Waals surface area contributed by atoms with Crippen LogP contribution in [0.2, 0.25) is 0 Å². The molecule has 7 heteroatoms. The van der Waals surface area contributed by atoms with Gasteiger partial charge >= 0.3 is 5.97 Å².